The lowest BCUT2D eigenvalue weighted by Crippen LogP contribution is -2.46. The van der Waals surface area contributed by atoms with Crippen LogP contribution < -0.4 is 0 Å². The summed E-state index contributed by atoms with van der Waals surface area (Å²) in [6.45, 7) is 18.0. The van der Waals surface area contributed by atoms with Crippen LogP contribution in [0.3, 0.4) is 0 Å². The maximum absolute atomic E-state index is 12.0. The van der Waals surface area contributed by atoms with Crippen molar-refractivity contribution in [3.05, 3.63) is 35.5 Å². The zero-order valence-electron chi connectivity index (χ0n) is 22.1. The van der Waals surface area contributed by atoms with Gasteiger partial charge in [0.05, 0.1) is 5.92 Å². The molecular weight excluding hydrogens is 424 g/mol. The van der Waals surface area contributed by atoms with Crippen molar-refractivity contribution in [3.63, 3.8) is 0 Å². The largest absolute Gasteiger partial charge is 0.481 e. The lowest BCUT2D eigenvalue weighted by molar-refractivity contribution is -0.145. The van der Waals surface area contributed by atoms with Crippen molar-refractivity contribution in [3.8, 4) is 0 Å². The second-order valence-electron chi connectivity index (χ2n) is 12.7. The van der Waals surface area contributed by atoms with E-state index in [-0.39, 0.29) is 46.6 Å². The maximum Gasteiger partial charge on any atom is 0.309 e. The molecule has 0 aromatic heterocycles. The van der Waals surface area contributed by atoms with Crippen LogP contribution >= 0.6 is 0 Å². The summed E-state index contributed by atoms with van der Waals surface area (Å²) in [5.41, 5.74) is 4.40. The fraction of sp³-hybridized carbons (Fsp3) is 0.733. The number of carbonyl (C=O) groups excluding carboxylic acids is 1. The molecular formula is C30H44O4. The van der Waals surface area contributed by atoms with E-state index in [0.29, 0.717) is 18.3 Å². The van der Waals surface area contributed by atoms with Crippen LogP contribution in [0.25, 0.3) is 0 Å². The SMILES string of the molecule is C=C(C)[C@@H]1C=CC2=C3CC[C@@](C)([C@H](C)C[C@@H]4C[C@@H](C)C(=O)O4)[C@]3(C)CC[C@H]2[C@@]1(C)CCC(=O)O. The molecule has 1 heterocycles. The Morgan fingerprint density at radius 3 is 2.59 bits per heavy atom. The molecule has 0 bridgehead atoms. The summed E-state index contributed by atoms with van der Waals surface area (Å²) in [7, 11) is 0. The average Bonchev–Trinajstić information content (AvgIpc) is 3.22. The van der Waals surface area contributed by atoms with E-state index in [2.05, 4.69) is 53.3 Å². The van der Waals surface area contributed by atoms with Crippen molar-refractivity contribution in [1.82, 2.24) is 0 Å². The summed E-state index contributed by atoms with van der Waals surface area (Å²) in [5.74, 6) is 0.338. The predicted octanol–water partition coefficient (Wildman–Crippen LogP) is 7.11. The highest BCUT2D eigenvalue weighted by atomic mass is 16.5. The minimum atomic E-state index is -0.713. The van der Waals surface area contributed by atoms with Crippen molar-refractivity contribution >= 4 is 11.9 Å². The van der Waals surface area contributed by atoms with Crippen molar-refractivity contribution in [2.45, 2.75) is 99.0 Å². The maximum atomic E-state index is 12.0. The van der Waals surface area contributed by atoms with E-state index in [9.17, 15) is 14.7 Å². The second-order valence-corrected chi connectivity index (χ2v) is 12.7. The molecule has 2 fully saturated rings. The quantitative estimate of drug-likeness (QED) is 0.319. The van der Waals surface area contributed by atoms with E-state index in [1.807, 2.05) is 6.92 Å². The lowest BCUT2D eigenvalue weighted by Gasteiger charge is -2.55. The van der Waals surface area contributed by atoms with Gasteiger partial charge in [-0.05, 0) is 85.5 Å². The van der Waals surface area contributed by atoms with Gasteiger partial charge in [0.25, 0.3) is 0 Å². The van der Waals surface area contributed by atoms with Crippen LogP contribution in [0.15, 0.2) is 35.5 Å². The van der Waals surface area contributed by atoms with Crippen molar-refractivity contribution in [2.75, 3.05) is 0 Å². The molecule has 1 saturated heterocycles. The number of carbonyl (C=O) groups is 2. The summed E-state index contributed by atoms with van der Waals surface area (Å²) in [6.07, 6.45) is 11.9. The first-order chi connectivity index (χ1) is 15.8. The molecule has 1 N–H and O–H groups in total. The van der Waals surface area contributed by atoms with E-state index in [1.54, 1.807) is 5.57 Å². The molecule has 4 aliphatic rings. The summed E-state index contributed by atoms with van der Waals surface area (Å²) < 4.78 is 5.69. The number of fused-ring (bicyclic) bond motifs is 2. The zero-order chi connectivity index (χ0) is 25.1. The number of cyclic esters (lactones) is 1. The number of aliphatic carboxylic acids is 1. The number of hydrogen-bond donors (Lipinski definition) is 1. The standard InChI is InChI=1S/C30H44O4/c1-18(2)23-9-8-22-24(28(23,5)13-12-26(31)32)10-15-30(7)25(22)11-14-29(30,6)20(4)17-21-16-19(3)27(33)34-21/h8-9,19-21,23-24H,1,10-17H2,2-7H3,(H,31,32)/t19-,20-,21+,23+,24-,28+,29+,30-/m1/s1. The molecule has 1 aliphatic heterocycles. The van der Waals surface area contributed by atoms with Gasteiger partial charge in [0.2, 0.25) is 0 Å². The third-order valence-corrected chi connectivity index (χ3v) is 10.9. The van der Waals surface area contributed by atoms with E-state index in [4.69, 9.17) is 4.74 Å². The monoisotopic (exact) mass is 468 g/mol. The van der Waals surface area contributed by atoms with E-state index in [0.717, 1.165) is 44.1 Å². The molecule has 34 heavy (non-hydrogen) atoms. The fourth-order valence-electron chi connectivity index (χ4n) is 8.36. The minimum absolute atomic E-state index is 0.0226. The molecule has 0 spiro atoms. The van der Waals surface area contributed by atoms with Gasteiger partial charge in [0.1, 0.15) is 6.10 Å². The second kappa shape index (κ2) is 8.68. The first kappa shape index (κ1) is 25.3. The van der Waals surface area contributed by atoms with Crippen LogP contribution in [0.5, 0.6) is 0 Å². The van der Waals surface area contributed by atoms with Gasteiger partial charge in [0, 0.05) is 12.3 Å². The molecule has 0 aromatic carbocycles. The lowest BCUT2D eigenvalue weighted by atomic mass is 9.49. The Hall–Kier alpha value is -1.84. The molecule has 188 valence electrons. The number of ether oxygens (including phenoxy) is 1. The number of hydrogen-bond acceptors (Lipinski definition) is 3. The third-order valence-electron chi connectivity index (χ3n) is 10.9. The van der Waals surface area contributed by atoms with Gasteiger partial charge < -0.3 is 9.84 Å². The topological polar surface area (TPSA) is 63.6 Å². The molecule has 0 unspecified atom stereocenters. The van der Waals surface area contributed by atoms with Crippen molar-refractivity contribution < 1.29 is 19.4 Å². The van der Waals surface area contributed by atoms with Crippen LogP contribution in [-0.4, -0.2) is 23.1 Å². The minimum Gasteiger partial charge on any atom is -0.481 e. The van der Waals surface area contributed by atoms with Crippen molar-refractivity contribution in [2.24, 2.45) is 39.9 Å². The van der Waals surface area contributed by atoms with Crippen molar-refractivity contribution in [1.29, 1.82) is 0 Å². The molecule has 4 heteroatoms. The average molecular weight is 469 g/mol. The first-order valence-corrected chi connectivity index (χ1v) is 13.3. The highest BCUT2D eigenvalue weighted by Crippen LogP contribution is 2.68. The Kier molecular flexibility index (Phi) is 6.44. The highest BCUT2D eigenvalue weighted by molar-refractivity contribution is 5.74. The smallest absolute Gasteiger partial charge is 0.309 e. The Bertz CT molecular complexity index is 943. The Labute approximate surface area is 205 Å². The molecule has 0 radical (unpaired) electrons. The van der Waals surface area contributed by atoms with Crippen LogP contribution in [-0.2, 0) is 14.3 Å². The number of carboxylic acids is 1. The molecule has 4 nitrogen and oxygen atoms in total. The first-order valence-electron chi connectivity index (χ1n) is 13.3. The zero-order valence-corrected chi connectivity index (χ0v) is 22.1. The van der Waals surface area contributed by atoms with Gasteiger partial charge in [-0.3, -0.25) is 9.59 Å². The molecule has 0 aromatic rings. The molecule has 3 aliphatic carbocycles. The summed E-state index contributed by atoms with van der Waals surface area (Å²) in [5, 5.41) is 9.47. The molecule has 4 rings (SSSR count). The number of allylic oxidation sites excluding steroid dienone is 5. The predicted molar refractivity (Wildman–Crippen MR) is 135 cm³/mol. The van der Waals surface area contributed by atoms with Crippen LogP contribution in [0.2, 0.25) is 0 Å². The van der Waals surface area contributed by atoms with Crippen LogP contribution in [0.1, 0.15) is 92.9 Å². The summed E-state index contributed by atoms with van der Waals surface area (Å²) in [6, 6.07) is 0. The van der Waals surface area contributed by atoms with Crippen LogP contribution in [0.4, 0.5) is 0 Å². The highest BCUT2D eigenvalue weighted by Gasteiger charge is 2.59. The van der Waals surface area contributed by atoms with Gasteiger partial charge in [-0.1, -0.05) is 64.5 Å². The summed E-state index contributed by atoms with van der Waals surface area (Å²) in [4.78, 5) is 23.5. The Morgan fingerprint density at radius 1 is 1.29 bits per heavy atom. The van der Waals surface area contributed by atoms with E-state index in [1.165, 1.54) is 5.57 Å². The number of rotatable bonds is 7. The number of carboxylic acid groups (broad SMARTS) is 1. The van der Waals surface area contributed by atoms with Gasteiger partial charge in [-0.2, -0.15) is 0 Å². The number of esters is 1. The molecule has 0 amide bonds. The fourth-order valence-corrected chi connectivity index (χ4v) is 8.36. The summed E-state index contributed by atoms with van der Waals surface area (Å²) >= 11 is 0. The molecule has 1 saturated carbocycles. The Balaban J connectivity index is 1.66. The molecule has 8 atom stereocenters. The Morgan fingerprint density at radius 2 is 2.00 bits per heavy atom. The third kappa shape index (κ3) is 3.80. The van der Waals surface area contributed by atoms with Gasteiger partial charge in [-0.15, -0.1) is 0 Å². The van der Waals surface area contributed by atoms with Crippen LogP contribution in [0, 0.1) is 39.9 Å². The normalized spacial score (nSPS) is 42.2. The van der Waals surface area contributed by atoms with Gasteiger partial charge in [-0.25, -0.2) is 0 Å². The van der Waals surface area contributed by atoms with E-state index < -0.39 is 5.97 Å². The van der Waals surface area contributed by atoms with E-state index >= 15 is 0 Å². The van der Waals surface area contributed by atoms with Gasteiger partial charge in [0.15, 0.2) is 0 Å². The van der Waals surface area contributed by atoms with Gasteiger partial charge >= 0.3 is 11.9 Å².